The van der Waals surface area contributed by atoms with Gasteiger partial charge < -0.3 is 0 Å². The Balaban J connectivity index is 2.51. The van der Waals surface area contributed by atoms with Crippen molar-refractivity contribution < 1.29 is 8.42 Å². The number of hydrogen-bond donors (Lipinski definition) is 1. The zero-order valence-corrected chi connectivity index (χ0v) is 12.3. The molecule has 0 aliphatic heterocycles. The highest BCUT2D eigenvalue weighted by Gasteiger charge is 2.25. The third kappa shape index (κ3) is 2.85. The maximum absolute atomic E-state index is 11.6. The van der Waals surface area contributed by atoms with E-state index in [1.807, 2.05) is 20.8 Å². The van der Waals surface area contributed by atoms with Crippen LogP contribution in [-0.2, 0) is 16.6 Å². The van der Waals surface area contributed by atoms with Gasteiger partial charge in [-0.2, -0.15) is 5.10 Å². The molecule has 0 saturated carbocycles. The molecule has 2 N–H and O–H groups in total. The monoisotopic (exact) mass is 299 g/mol. The van der Waals surface area contributed by atoms with Crippen LogP contribution in [0.4, 0.5) is 0 Å². The molecule has 2 aromatic rings. The Labute approximate surface area is 116 Å². The zero-order chi connectivity index (χ0) is 14.9. The molecule has 0 radical (unpaired) electrons. The van der Waals surface area contributed by atoms with Crippen LogP contribution in [-0.4, -0.2) is 37.9 Å². The van der Waals surface area contributed by atoms with Crippen molar-refractivity contribution in [1.82, 2.24) is 29.5 Å². The van der Waals surface area contributed by atoms with Gasteiger partial charge in [0.2, 0.25) is 0 Å². The molecule has 0 aliphatic carbocycles. The molecule has 0 saturated heterocycles. The summed E-state index contributed by atoms with van der Waals surface area (Å²) < 4.78 is 26.3. The highest BCUT2D eigenvalue weighted by Crippen LogP contribution is 2.19. The Bertz CT molecular complexity index is 675. The second-order valence-corrected chi connectivity index (χ2v) is 6.40. The Morgan fingerprint density at radius 3 is 2.50 bits per heavy atom. The summed E-state index contributed by atoms with van der Waals surface area (Å²) in [6.07, 6.45) is 2.94. The summed E-state index contributed by atoms with van der Waals surface area (Å²) in [6.45, 7) is 6.23. The van der Waals surface area contributed by atoms with Gasteiger partial charge in [0.05, 0.1) is 0 Å². The van der Waals surface area contributed by atoms with E-state index in [9.17, 15) is 8.42 Å². The molecule has 0 spiro atoms. The normalized spacial score (nSPS) is 13.8. The van der Waals surface area contributed by atoms with Crippen molar-refractivity contribution in [3.05, 3.63) is 18.5 Å². The van der Waals surface area contributed by atoms with Crippen LogP contribution in [0.2, 0.25) is 0 Å². The molecule has 0 amide bonds. The average molecular weight is 299 g/mol. The SMILES string of the molecule is CC(C)Cn1c(C(C)n2cncn2)nnc1S(N)(=O)=O. The van der Waals surface area contributed by atoms with Gasteiger partial charge in [-0.05, 0) is 12.8 Å². The standard InChI is InChI=1S/C10H17N7O2S/c1-7(2)4-16-9(8(3)17-6-12-5-13-17)14-15-10(16)20(11,18)19/h5-8H,4H2,1-3H3,(H2,11,18,19). The van der Waals surface area contributed by atoms with Crippen molar-refractivity contribution in [1.29, 1.82) is 0 Å². The van der Waals surface area contributed by atoms with E-state index in [-0.39, 0.29) is 17.1 Å². The molecule has 1 unspecified atom stereocenters. The van der Waals surface area contributed by atoms with Crippen LogP contribution >= 0.6 is 0 Å². The van der Waals surface area contributed by atoms with E-state index in [0.29, 0.717) is 12.4 Å². The summed E-state index contributed by atoms with van der Waals surface area (Å²) in [4.78, 5) is 3.87. The first kappa shape index (κ1) is 14.6. The number of rotatable bonds is 5. The lowest BCUT2D eigenvalue weighted by molar-refractivity contribution is 0.436. The highest BCUT2D eigenvalue weighted by atomic mass is 32.2. The van der Waals surface area contributed by atoms with Crippen molar-refractivity contribution >= 4 is 10.0 Å². The summed E-state index contributed by atoms with van der Waals surface area (Å²) in [7, 11) is -3.92. The van der Waals surface area contributed by atoms with Gasteiger partial charge >= 0.3 is 0 Å². The quantitative estimate of drug-likeness (QED) is 0.814. The average Bonchev–Trinajstić information content (AvgIpc) is 2.94. The van der Waals surface area contributed by atoms with E-state index in [2.05, 4.69) is 20.3 Å². The molecule has 9 nitrogen and oxygen atoms in total. The van der Waals surface area contributed by atoms with E-state index in [1.54, 1.807) is 4.68 Å². The fraction of sp³-hybridized carbons (Fsp3) is 0.600. The number of hydrogen-bond acceptors (Lipinski definition) is 6. The van der Waals surface area contributed by atoms with Gasteiger partial charge in [-0.1, -0.05) is 13.8 Å². The van der Waals surface area contributed by atoms with Crippen molar-refractivity contribution in [3.8, 4) is 0 Å². The molecule has 10 heteroatoms. The molecule has 0 aromatic carbocycles. The van der Waals surface area contributed by atoms with Crippen LogP contribution in [0, 0.1) is 5.92 Å². The first-order valence-electron chi connectivity index (χ1n) is 6.10. The number of sulfonamides is 1. The fourth-order valence-electron chi connectivity index (χ4n) is 1.89. The Morgan fingerprint density at radius 1 is 1.30 bits per heavy atom. The van der Waals surface area contributed by atoms with Gasteiger partial charge in [0.25, 0.3) is 15.2 Å². The number of nitrogens with two attached hydrogens (primary N) is 1. The Hall–Kier alpha value is -1.81. The van der Waals surface area contributed by atoms with Gasteiger partial charge in [-0.3, -0.25) is 4.57 Å². The number of nitrogens with zero attached hydrogens (tertiary/aromatic N) is 6. The first-order valence-corrected chi connectivity index (χ1v) is 7.65. The lowest BCUT2D eigenvalue weighted by Crippen LogP contribution is -2.23. The highest BCUT2D eigenvalue weighted by molar-refractivity contribution is 7.89. The van der Waals surface area contributed by atoms with Crippen LogP contribution in [0.1, 0.15) is 32.6 Å². The summed E-state index contributed by atoms with van der Waals surface area (Å²) in [5.41, 5.74) is 0. The minimum atomic E-state index is -3.92. The van der Waals surface area contributed by atoms with Gasteiger partial charge in [-0.15, -0.1) is 10.2 Å². The van der Waals surface area contributed by atoms with Crippen molar-refractivity contribution in [2.75, 3.05) is 0 Å². The van der Waals surface area contributed by atoms with E-state index in [4.69, 9.17) is 5.14 Å². The zero-order valence-electron chi connectivity index (χ0n) is 11.5. The van der Waals surface area contributed by atoms with Crippen LogP contribution in [0.25, 0.3) is 0 Å². The maximum Gasteiger partial charge on any atom is 0.273 e. The van der Waals surface area contributed by atoms with Crippen LogP contribution in [0.15, 0.2) is 17.8 Å². The molecule has 110 valence electrons. The Morgan fingerprint density at radius 2 is 2.00 bits per heavy atom. The molecule has 2 aromatic heterocycles. The van der Waals surface area contributed by atoms with Crippen molar-refractivity contribution in [2.24, 2.45) is 11.1 Å². The predicted octanol–water partition coefficient (Wildman–Crippen LogP) is -0.218. The van der Waals surface area contributed by atoms with Gasteiger partial charge in [0.1, 0.15) is 18.7 Å². The molecule has 2 heterocycles. The Kier molecular flexibility index (Phi) is 3.86. The second kappa shape index (κ2) is 5.29. The van der Waals surface area contributed by atoms with E-state index < -0.39 is 10.0 Å². The molecule has 0 aliphatic rings. The van der Waals surface area contributed by atoms with E-state index in [0.717, 1.165) is 0 Å². The minimum absolute atomic E-state index is 0.216. The lowest BCUT2D eigenvalue weighted by Gasteiger charge is -2.15. The summed E-state index contributed by atoms with van der Waals surface area (Å²) in [5, 5.41) is 16.6. The van der Waals surface area contributed by atoms with Crippen LogP contribution < -0.4 is 5.14 Å². The number of primary sulfonamides is 1. The van der Waals surface area contributed by atoms with Crippen LogP contribution in [0.3, 0.4) is 0 Å². The first-order chi connectivity index (χ1) is 9.30. The summed E-state index contributed by atoms with van der Waals surface area (Å²) in [6, 6.07) is -0.292. The van der Waals surface area contributed by atoms with Crippen molar-refractivity contribution in [3.63, 3.8) is 0 Å². The van der Waals surface area contributed by atoms with Crippen LogP contribution in [0.5, 0.6) is 0 Å². The third-order valence-electron chi connectivity index (χ3n) is 2.75. The fourth-order valence-corrected chi connectivity index (χ4v) is 2.52. The van der Waals surface area contributed by atoms with Gasteiger partial charge in [0.15, 0.2) is 5.82 Å². The third-order valence-corrected chi connectivity index (χ3v) is 3.57. The largest absolute Gasteiger partial charge is 0.299 e. The summed E-state index contributed by atoms with van der Waals surface area (Å²) in [5.74, 6) is 0.696. The molecular formula is C10H17N7O2S. The van der Waals surface area contributed by atoms with Gasteiger partial charge in [-0.25, -0.2) is 23.2 Å². The molecule has 0 fully saturated rings. The maximum atomic E-state index is 11.6. The minimum Gasteiger partial charge on any atom is -0.299 e. The lowest BCUT2D eigenvalue weighted by atomic mass is 10.2. The van der Waals surface area contributed by atoms with Crippen molar-refractivity contribution in [2.45, 2.75) is 38.5 Å². The molecule has 2 rings (SSSR count). The molecule has 1 atom stereocenters. The van der Waals surface area contributed by atoms with E-state index >= 15 is 0 Å². The molecule has 20 heavy (non-hydrogen) atoms. The smallest absolute Gasteiger partial charge is 0.273 e. The number of aromatic nitrogens is 6. The van der Waals surface area contributed by atoms with Gasteiger partial charge in [0, 0.05) is 6.54 Å². The molecule has 0 bridgehead atoms. The predicted molar refractivity (Wildman–Crippen MR) is 70.1 cm³/mol. The molecular weight excluding hydrogens is 282 g/mol. The summed E-state index contributed by atoms with van der Waals surface area (Å²) >= 11 is 0. The second-order valence-electron chi connectivity index (χ2n) is 4.94. The van der Waals surface area contributed by atoms with E-state index in [1.165, 1.54) is 17.2 Å². The topological polar surface area (TPSA) is 122 Å².